The van der Waals surface area contributed by atoms with Gasteiger partial charge in [0.15, 0.2) is 5.78 Å². The second kappa shape index (κ2) is 9.91. The molecule has 1 aromatic heterocycles. The summed E-state index contributed by atoms with van der Waals surface area (Å²) >= 11 is 0. The number of pyridine rings is 1. The van der Waals surface area contributed by atoms with Gasteiger partial charge in [-0.1, -0.05) is 36.4 Å². The second-order valence-corrected chi connectivity index (χ2v) is 6.97. The number of hydrogen-bond donors (Lipinski definition) is 1. The highest BCUT2D eigenvalue weighted by Crippen LogP contribution is 2.24. The van der Waals surface area contributed by atoms with Crippen molar-refractivity contribution in [3.05, 3.63) is 77.6 Å². The standard InChI is InChI=1S/C23H25N3O3/c1-25-14-15-26(16-22(25)18-6-3-2-4-7-18)23(29)13-11-20-9-5-8-19(24-20)10-12-21(28)17-27/h2-13,22,27H,14-17H2,1H3/b12-10+,13-11+. The number of nitrogens with zero attached hydrogens (tertiary/aromatic N) is 3. The Morgan fingerprint density at radius 2 is 1.72 bits per heavy atom. The minimum atomic E-state index is -0.528. The van der Waals surface area contributed by atoms with Crippen molar-refractivity contribution in [2.75, 3.05) is 33.3 Å². The van der Waals surface area contributed by atoms with E-state index in [1.54, 1.807) is 30.4 Å². The first-order chi connectivity index (χ1) is 14.1. The molecule has 150 valence electrons. The number of aliphatic hydroxyl groups is 1. The Morgan fingerprint density at radius 1 is 1.03 bits per heavy atom. The summed E-state index contributed by atoms with van der Waals surface area (Å²) in [5.41, 5.74) is 2.42. The fourth-order valence-electron chi connectivity index (χ4n) is 3.26. The molecule has 1 saturated heterocycles. The van der Waals surface area contributed by atoms with Crippen LogP contribution in [-0.2, 0) is 9.59 Å². The topological polar surface area (TPSA) is 73.7 Å². The van der Waals surface area contributed by atoms with Gasteiger partial charge in [-0.05, 0) is 43.0 Å². The third kappa shape index (κ3) is 5.70. The molecule has 6 heteroatoms. The molecular weight excluding hydrogens is 366 g/mol. The largest absolute Gasteiger partial charge is 0.388 e. The maximum absolute atomic E-state index is 12.7. The molecule has 1 fully saturated rings. The van der Waals surface area contributed by atoms with Gasteiger partial charge in [0.25, 0.3) is 0 Å². The van der Waals surface area contributed by atoms with Crippen molar-refractivity contribution in [3.63, 3.8) is 0 Å². The van der Waals surface area contributed by atoms with Crippen LogP contribution in [0, 0.1) is 0 Å². The minimum absolute atomic E-state index is 0.0442. The van der Waals surface area contributed by atoms with Gasteiger partial charge in [0.2, 0.25) is 5.91 Å². The van der Waals surface area contributed by atoms with E-state index in [1.807, 2.05) is 29.2 Å². The van der Waals surface area contributed by atoms with E-state index in [1.165, 1.54) is 11.6 Å². The molecule has 0 aliphatic carbocycles. The Kier molecular flexibility index (Phi) is 7.05. The maximum Gasteiger partial charge on any atom is 0.246 e. The van der Waals surface area contributed by atoms with Gasteiger partial charge in [0, 0.05) is 25.7 Å². The number of aliphatic hydroxyl groups excluding tert-OH is 1. The van der Waals surface area contributed by atoms with E-state index in [9.17, 15) is 9.59 Å². The molecule has 1 aromatic carbocycles. The predicted molar refractivity (Wildman–Crippen MR) is 113 cm³/mol. The lowest BCUT2D eigenvalue weighted by atomic mass is 10.0. The Balaban J connectivity index is 1.66. The number of amides is 1. The van der Waals surface area contributed by atoms with Crippen LogP contribution in [0.1, 0.15) is 23.0 Å². The van der Waals surface area contributed by atoms with Crippen LogP contribution in [0.2, 0.25) is 0 Å². The third-order valence-electron chi connectivity index (χ3n) is 4.93. The Morgan fingerprint density at radius 3 is 2.41 bits per heavy atom. The first-order valence-electron chi connectivity index (χ1n) is 9.58. The van der Waals surface area contributed by atoms with E-state index in [0.29, 0.717) is 24.5 Å². The van der Waals surface area contributed by atoms with Crippen LogP contribution < -0.4 is 0 Å². The molecule has 1 atom stereocenters. The molecule has 0 spiro atoms. The van der Waals surface area contributed by atoms with Crippen molar-refractivity contribution in [3.8, 4) is 0 Å². The monoisotopic (exact) mass is 391 g/mol. The average Bonchev–Trinajstić information content (AvgIpc) is 2.77. The summed E-state index contributed by atoms with van der Waals surface area (Å²) in [7, 11) is 2.08. The highest BCUT2D eigenvalue weighted by atomic mass is 16.3. The number of rotatable bonds is 6. The van der Waals surface area contributed by atoms with Crippen LogP contribution in [0.5, 0.6) is 0 Å². The van der Waals surface area contributed by atoms with Gasteiger partial charge in [-0.2, -0.15) is 0 Å². The predicted octanol–water partition coefficient (Wildman–Crippen LogP) is 2.18. The van der Waals surface area contributed by atoms with Crippen LogP contribution in [0.15, 0.2) is 60.7 Å². The van der Waals surface area contributed by atoms with Gasteiger partial charge >= 0.3 is 0 Å². The number of hydrogen-bond acceptors (Lipinski definition) is 5. The maximum atomic E-state index is 12.7. The van der Waals surface area contributed by atoms with Crippen LogP contribution in [0.3, 0.4) is 0 Å². The van der Waals surface area contributed by atoms with Crippen molar-refractivity contribution in [1.29, 1.82) is 0 Å². The Hall–Kier alpha value is -3.09. The van der Waals surface area contributed by atoms with Gasteiger partial charge in [-0.15, -0.1) is 0 Å². The lowest BCUT2D eigenvalue weighted by molar-refractivity contribution is -0.128. The molecule has 0 saturated carbocycles. The third-order valence-corrected chi connectivity index (χ3v) is 4.93. The Labute approximate surface area is 170 Å². The van der Waals surface area contributed by atoms with E-state index >= 15 is 0 Å². The van der Waals surface area contributed by atoms with Crippen molar-refractivity contribution in [2.24, 2.45) is 0 Å². The van der Waals surface area contributed by atoms with E-state index < -0.39 is 6.61 Å². The molecule has 2 aromatic rings. The van der Waals surface area contributed by atoms with Gasteiger partial charge in [0.05, 0.1) is 17.4 Å². The van der Waals surface area contributed by atoms with E-state index in [0.717, 1.165) is 6.54 Å². The molecule has 29 heavy (non-hydrogen) atoms. The second-order valence-electron chi connectivity index (χ2n) is 6.97. The van der Waals surface area contributed by atoms with Crippen LogP contribution >= 0.6 is 0 Å². The van der Waals surface area contributed by atoms with Gasteiger partial charge in [-0.3, -0.25) is 14.5 Å². The quantitative estimate of drug-likeness (QED) is 0.764. The molecule has 1 aliphatic rings. The Bertz CT molecular complexity index is 909. The van der Waals surface area contributed by atoms with Crippen molar-refractivity contribution in [2.45, 2.75) is 6.04 Å². The zero-order valence-corrected chi connectivity index (χ0v) is 16.4. The number of benzene rings is 1. The number of carbonyl (C=O) groups excluding carboxylic acids is 2. The molecule has 1 N–H and O–H groups in total. The fraction of sp³-hybridized carbons (Fsp3) is 0.261. The van der Waals surface area contributed by atoms with Crippen LogP contribution in [0.25, 0.3) is 12.2 Å². The van der Waals surface area contributed by atoms with Gasteiger partial charge in [0.1, 0.15) is 6.61 Å². The van der Waals surface area contributed by atoms with Crippen molar-refractivity contribution in [1.82, 2.24) is 14.8 Å². The zero-order valence-electron chi connectivity index (χ0n) is 16.4. The van der Waals surface area contributed by atoms with Gasteiger partial charge in [-0.25, -0.2) is 4.98 Å². The fourth-order valence-corrected chi connectivity index (χ4v) is 3.26. The highest BCUT2D eigenvalue weighted by Gasteiger charge is 2.27. The summed E-state index contributed by atoms with van der Waals surface area (Å²) in [5.74, 6) is -0.428. The molecule has 1 unspecified atom stereocenters. The number of piperazine rings is 1. The number of aromatic nitrogens is 1. The first-order valence-corrected chi connectivity index (χ1v) is 9.58. The lowest BCUT2D eigenvalue weighted by Crippen LogP contribution is -2.48. The van der Waals surface area contributed by atoms with Crippen molar-refractivity contribution >= 4 is 23.8 Å². The first kappa shape index (κ1) is 20.6. The van der Waals surface area contributed by atoms with E-state index in [2.05, 4.69) is 29.1 Å². The SMILES string of the molecule is CN1CCN(C(=O)/C=C/c2cccc(/C=C/C(=O)CO)n2)CC1c1ccccc1. The number of likely N-dealkylation sites (N-methyl/N-ethyl adjacent to an activating group) is 1. The van der Waals surface area contributed by atoms with E-state index in [4.69, 9.17) is 5.11 Å². The summed E-state index contributed by atoms with van der Waals surface area (Å²) in [6.07, 6.45) is 6.06. The van der Waals surface area contributed by atoms with E-state index in [-0.39, 0.29) is 17.7 Å². The highest BCUT2D eigenvalue weighted by molar-refractivity contribution is 5.94. The molecule has 1 amide bonds. The summed E-state index contributed by atoms with van der Waals surface area (Å²) in [6, 6.07) is 15.8. The molecule has 2 heterocycles. The summed E-state index contributed by atoms with van der Waals surface area (Å²) in [5, 5.41) is 8.77. The van der Waals surface area contributed by atoms with Crippen molar-refractivity contribution < 1.29 is 14.7 Å². The van der Waals surface area contributed by atoms with Gasteiger partial charge < -0.3 is 10.0 Å². The molecule has 6 nitrogen and oxygen atoms in total. The number of carbonyl (C=O) groups is 2. The summed E-state index contributed by atoms with van der Waals surface area (Å²) in [4.78, 5) is 32.4. The van der Waals surface area contributed by atoms with Crippen LogP contribution in [-0.4, -0.2) is 64.9 Å². The lowest BCUT2D eigenvalue weighted by Gasteiger charge is -2.39. The zero-order chi connectivity index (χ0) is 20.6. The van der Waals surface area contributed by atoms with Crippen LogP contribution in [0.4, 0.5) is 0 Å². The molecule has 0 bridgehead atoms. The summed E-state index contributed by atoms with van der Waals surface area (Å²) in [6.45, 7) is 1.61. The minimum Gasteiger partial charge on any atom is -0.388 e. The molecule has 1 aliphatic heterocycles. The molecule has 3 rings (SSSR count). The number of ketones is 1. The smallest absolute Gasteiger partial charge is 0.246 e. The molecular formula is C23H25N3O3. The molecule has 0 radical (unpaired) electrons. The average molecular weight is 391 g/mol. The summed E-state index contributed by atoms with van der Waals surface area (Å²) < 4.78 is 0. The normalized spacial score (nSPS) is 17.9.